The van der Waals surface area contributed by atoms with Gasteiger partial charge in [0, 0.05) is 6.20 Å². The maximum atomic E-state index is 8.83. The van der Waals surface area contributed by atoms with Crippen molar-refractivity contribution in [3.63, 3.8) is 0 Å². The first-order chi connectivity index (χ1) is 11.3. The van der Waals surface area contributed by atoms with Crippen molar-refractivity contribution in [1.82, 2.24) is 15.0 Å². The summed E-state index contributed by atoms with van der Waals surface area (Å²) >= 11 is 0. The number of aromatic nitrogens is 3. The second kappa shape index (κ2) is 6.42. The summed E-state index contributed by atoms with van der Waals surface area (Å²) in [7, 11) is 0. The van der Waals surface area contributed by atoms with Crippen LogP contribution in [0.3, 0.4) is 0 Å². The first-order valence-corrected chi connectivity index (χ1v) is 6.83. The number of aromatic amines is 1. The number of H-pyrrole nitrogens is 1. The SMILES string of the molecule is [C-]#[N+]/C(C#N)=C\Cc1c[nH]c2ncnc(Oc3ccccc3)c12. The van der Waals surface area contributed by atoms with Crippen LogP contribution in [0.15, 0.2) is 54.6 Å². The molecule has 0 aliphatic carbocycles. The molecule has 0 atom stereocenters. The summed E-state index contributed by atoms with van der Waals surface area (Å²) in [4.78, 5) is 14.6. The summed E-state index contributed by atoms with van der Waals surface area (Å²) in [6, 6.07) is 11.2. The highest BCUT2D eigenvalue weighted by Gasteiger charge is 2.12. The van der Waals surface area contributed by atoms with Gasteiger partial charge in [0.1, 0.15) is 17.7 Å². The largest absolute Gasteiger partial charge is 0.438 e. The number of benzene rings is 1. The summed E-state index contributed by atoms with van der Waals surface area (Å²) in [5, 5.41) is 9.57. The molecular weight excluding hydrogens is 290 g/mol. The molecule has 1 N–H and O–H groups in total. The van der Waals surface area contributed by atoms with E-state index in [0.29, 0.717) is 23.7 Å². The Kier molecular flexibility index (Phi) is 3.99. The first-order valence-electron chi connectivity index (χ1n) is 6.83. The lowest BCUT2D eigenvalue weighted by molar-refractivity contribution is 0.468. The van der Waals surface area contributed by atoms with Crippen LogP contribution in [-0.4, -0.2) is 15.0 Å². The fourth-order valence-electron chi connectivity index (χ4n) is 2.16. The summed E-state index contributed by atoms with van der Waals surface area (Å²) < 4.78 is 5.83. The average Bonchev–Trinajstić information content (AvgIpc) is 3.01. The minimum atomic E-state index is 0.0572. The smallest absolute Gasteiger partial charge is 0.258 e. The van der Waals surface area contributed by atoms with Gasteiger partial charge in [-0.25, -0.2) is 20.1 Å². The van der Waals surface area contributed by atoms with E-state index in [4.69, 9.17) is 16.6 Å². The van der Waals surface area contributed by atoms with Gasteiger partial charge < -0.3 is 9.72 Å². The number of hydrogen-bond acceptors (Lipinski definition) is 4. The molecule has 0 amide bonds. The predicted octanol–water partition coefficient (Wildman–Crippen LogP) is 3.62. The fraction of sp³-hybridized carbons (Fsp3) is 0.0588. The number of nitriles is 1. The quantitative estimate of drug-likeness (QED) is 0.589. The molecule has 0 radical (unpaired) electrons. The zero-order valence-corrected chi connectivity index (χ0v) is 12.0. The zero-order chi connectivity index (χ0) is 16.1. The average molecular weight is 301 g/mol. The third kappa shape index (κ3) is 3.02. The minimum absolute atomic E-state index is 0.0572. The maximum Gasteiger partial charge on any atom is 0.258 e. The zero-order valence-electron chi connectivity index (χ0n) is 12.0. The molecule has 3 rings (SSSR count). The summed E-state index contributed by atoms with van der Waals surface area (Å²) in [6.45, 7) is 6.92. The Morgan fingerprint density at radius 2 is 2.17 bits per heavy atom. The van der Waals surface area contributed by atoms with Crippen LogP contribution < -0.4 is 4.74 Å². The highest BCUT2D eigenvalue weighted by molar-refractivity contribution is 5.85. The van der Waals surface area contributed by atoms with E-state index < -0.39 is 0 Å². The van der Waals surface area contributed by atoms with Gasteiger partial charge in [0.15, 0.2) is 0 Å². The second-order valence-corrected chi connectivity index (χ2v) is 4.65. The standard InChI is InChI=1S/C17H11N5O/c1-19-13(9-18)8-7-12-10-20-16-15(12)17(22-11-21-16)23-14-5-3-2-4-6-14/h2-6,8,10-11H,7H2,(H,20,21,22)/b13-8-. The maximum absolute atomic E-state index is 8.83. The van der Waals surface area contributed by atoms with Crippen LogP contribution in [-0.2, 0) is 6.42 Å². The monoisotopic (exact) mass is 301 g/mol. The lowest BCUT2D eigenvalue weighted by Gasteiger charge is -2.06. The molecule has 3 aromatic rings. The second-order valence-electron chi connectivity index (χ2n) is 4.65. The van der Waals surface area contributed by atoms with Crippen molar-refractivity contribution in [2.24, 2.45) is 0 Å². The molecule has 0 fully saturated rings. The molecule has 0 aliphatic heterocycles. The topological polar surface area (TPSA) is 79.0 Å². The van der Waals surface area contributed by atoms with E-state index in [9.17, 15) is 0 Å². The van der Waals surface area contributed by atoms with Crippen molar-refractivity contribution >= 4 is 11.0 Å². The lowest BCUT2D eigenvalue weighted by Crippen LogP contribution is -1.92. The van der Waals surface area contributed by atoms with E-state index >= 15 is 0 Å². The number of allylic oxidation sites excluding steroid dienone is 2. The van der Waals surface area contributed by atoms with E-state index in [1.54, 1.807) is 12.3 Å². The molecular formula is C17H11N5O. The van der Waals surface area contributed by atoms with Gasteiger partial charge in [0.05, 0.1) is 18.0 Å². The molecule has 0 unspecified atom stereocenters. The molecule has 0 saturated carbocycles. The number of hydrogen-bond donors (Lipinski definition) is 1. The number of fused-ring (bicyclic) bond motifs is 1. The van der Waals surface area contributed by atoms with Crippen LogP contribution in [0.5, 0.6) is 11.6 Å². The van der Waals surface area contributed by atoms with E-state index in [1.165, 1.54) is 6.33 Å². The number of ether oxygens (including phenoxy) is 1. The highest BCUT2D eigenvalue weighted by atomic mass is 16.5. The molecule has 110 valence electrons. The van der Waals surface area contributed by atoms with Crippen LogP contribution in [0, 0.1) is 17.9 Å². The summed E-state index contributed by atoms with van der Waals surface area (Å²) in [6.07, 6.45) is 5.21. The number of rotatable bonds is 4. The molecule has 0 aliphatic rings. The van der Waals surface area contributed by atoms with Crippen molar-refractivity contribution < 1.29 is 4.74 Å². The van der Waals surface area contributed by atoms with E-state index in [1.807, 2.05) is 36.4 Å². The summed E-state index contributed by atoms with van der Waals surface area (Å²) in [5.41, 5.74) is 1.57. The summed E-state index contributed by atoms with van der Waals surface area (Å²) in [5.74, 6) is 1.11. The van der Waals surface area contributed by atoms with Crippen LogP contribution >= 0.6 is 0 Å². The van der Waals surface area contributed by atoms with Crippen LogP contribution in [0.1, 0.15) is 5.56 Å². The first kappa shape index (κ1) is 14.3. The van der Waals surface area contributed by atoms with Crippen molar-refractivity contribution in [3.05, 3.63) is 71.6 Å². The Morgan fingerprint density at radius 3 is 2.91 bits per heavy atom. The van der Waals surface area contributed by atoms with Gasteiger partial charge in [0.25, 0.3) is 5.70 Å². The molecule has 1 aromatic carbocycles. The van der Waals surface area contributed by atoms with Gasteiger partial charge in [-0.1, -0.05) is 24.3 Å². The lowest BCUT2D eigenvalue weighted by atomic mass is 10.1. The number of para-hydroxylation sites is 1. The van der Waals surface area contributed by atoms with Gasteiger partial charge >= 0.3 is 0 Å². The van der Waals surface area contributed by atoms with Gasteiger partial charge in [-0.3, -0.25) is 0 Å². The van der Waals surface area contributed by atoms with Crippen LogP contribution in [0.4, 0.5) is 0 Å². The Labute approximate surface area is 132 Å². The molecule has 0 saturated heterocycles. The van der Waals surface area contributed by atoms with Gasteiger partial charge in [-0.05, 0) is 24.1 Å². The Balaban J connectivity index is 2.00. The molecule has 2 aromatic heterocycles. The molecule has 0 spiro atoms. The predicted molar refractivity (Wildman–Crippen MR) is 84.4 cm³/mol. The third-order valence-electron chi connectivity index (χ3n) is 3.22. The van der Waals surface area contributed by atoms with Gasteiger partial charge in [-0.2, -0.15) is 0 Å². The third-order valence-corrected chi connectivity index (χ3v) is 3.22. The van der Waals surface area contributed by atoms with Crippen molar-refractivity contribution in [3.8, 4) is 17.7 Å². The fourth-order valence-corrected chi connectivity index (χ4v) is 2.16. The molecule has 2 heterocycles. The van der Waals surface area contributed by atoms with Gasteiger partial charge in [0.2, 0.25) is 5.88 Å². The van der Waals surface area contributed by atoms with Crippen LogP contribution in [0.2, 0.25) is 0 Å². The molecule has 6 heteroatoms. The van der Waals surface area contributed by atoms with E-state index in [-0.39, 0.29) is 5.70 Å². The number of nitrogens with zero attached hydrogens (tertiary/aromatic N) is 4. The number of nitrogens with one attached hydrogen (secondary N) is 1. The van der Waals surface area contributed by atoms with E-state index in [2.05, 4.69) is 19.8 Å². The Morgan fingerprint density at radius 1 is 1.35 bits per heavy atom. The van der Waals surface area contributed by atoms with Crippen molar-refractivity contribution in [2.45, 2.75) is 6.42 Å². The van der Waals surface area contributed by atoms with Gasteiger partial charge in [-0.15, -0.1) is 0 Å². The Bertz CT molecular complexity index is 929. The van der Waals surface area contributed by atoms with Crippen molar-refractivity contribution in [2.75, 3.05) is 0 Å². The molecule has 23 heavy (non-hydrogen) atoms. The van der Waals surface area contributed by atoms with Crippen molar-refractivity contribution in [1.29, 1.82) is 5.26 Å². The highest BCUT2D eigenvalue weighted by Crippen LogP contribution is 2.29. The normalized spacial score (nSPS) is 11.0. The minimum Gasteiger partial charge on any atom is -0.438 e. The molecule has 6 nitrogen and oxygen atoms in total. The van der Waals surface area contributed by atoms with E-state index in [0.717, 1.165) is 10.9 Å². The van der Waals surface area contributed by atoms with Crippen LogP contribution in [0.25, 0.3) is 15.9 Å². The Hall–Kier alpha value is -3.64. The molecule has 0 bridgehead atoms.